The second kappa shape index (κ2) is 4.92. The number of imide groups is 1. The molecule has 0 unspecified atom stereocenters. The lowest BCUT2D eigenvalue weighted by molar-refractivity contribution is -0.137. The highest BCUT2D eigenvalue weighted by atomic mass is 32.1. The fourth-order valence-electron chi connectivity index (χ4n) is 2.80. The van der Waals surface area contributed by atoms with Crippen LogP contribution in [-0.2, 0) is 6.18 Å². The average molecular weight is 339 g/mol. The first kappa shape index (κ1) is 15.7. The van der Waals surface area contributed by atoms with E-state index in [1.54, 1.807) is 13.8 Å². The van der Waals surface area contributed by atoms with Crippen molar-refractivity contribution in [2.45, 2.75) is 26.9 Å². The molecule has 0 saturated carbocycles. The van der Waals surface area contributed by atoms with E-state index in [2.05, 4.69) is 0 Å². The maximum absolute atomic E-state index is 13.0. The van der Waals surface area contributed by atoms with Gasteiger partial charge in [-0.1, -0.05) is 0 Å². The molecule has 0 atom stereocenters. The number of thiophene rings is 1. The van der Waals surface area contributed by atoms with Crippen LogP contribution in [-0.4, -0.2) is 11.8 Å². The van der Waals surface area contributed by atoms with Gasteiger partial charge in [0.15, 0.2) is 0 Å². The number of alkyl halides is 3. The molecule has 1 aliphatic rings. The van der Waals surface area contributed by atoms with Crippen LogP contribution >= 0.6 is 11.3 Å². The summed E-state index contributed by atoms with van der Waals surface area (Å²) in [5.41, 5.74) is 0.00153. The molecule has 1 aromatic heterocycles. The lowest BCUT2D eigenvalue weighted by Crippen LogP contribution is -2.30. The van der Waals surface area contributed by atoms with Crippen LogP contribution in [0.25, 0.3) is 0 Å². The number of aryl methyl sites for hydroxylation is 3. The molecule has 3 rings (SSSR count). The minimum atomic E-state index is -4.54. The van der Waals surface area contributed by atoms with Crippen LogP contribution in [0.2, 0.25) is 0 Å². The Kier molecular flexibility index (Phi) is 3.37. The van der Waals surface area contributed by atoms with Gasteiger partial charge in [-0.15, -0.1) is 11.3 Å². The molecule has 2 aromatic rings. The second-order valence-electron chi connectivity index (χ2n) is 5.47. The Balaban J connectivity index is 2.15. The largest absolute Gasteiger partial charge is 0.416 e. The van der Waals surface area contributed by atoms with E-state index in [4.69, 9.17) is 0 Å². The average Bonchev–Trinajstić information content (AvgIpc) is 2.85. The molecule has 1 aromatic carbocycles. The Labute approximate surface area is 134 Å². The van der Waals surface area contributed by atoms with Crippen LogP contribution in [0.5, 0.6) is 0 Å². The number of hydrogen-bond acceptors (Lipinski definition) is 3. The van der Waals surface area contributed by atoms with Crippen LogP contribution < -0.4 is 4.90 Å². The van der Waals surface area contributed by atoms with Crippen molar-refractivity contribution in [1.82, 2.24) is 0 Å². The summed E-state index contributed by atoms with van der Waals surface area (Å²) in [6, 6.07) is 3.23. The van der Waals surface area contributed by atoms with Gasteiger partial charge in [0.2, 0.25) is 0 Å². The molecule has 1 aliphatic heterocycles. The number of carbonyl (C=O) groups is 2. The third kappa shape index (κ3) is 2.35. The van der Waals surface area contributed by atoms with Crippen molar-refractivity contribution in [3.05, 3.63) is 50.2 Å². The van der Waals surface area contributed by atoms with Crippen molar-refractivity contribution in [2.75, 3.05) is 4.90 Å². The molecule has 0 bridgehead atoms. The Bertz CT molecular complexity index is 815. The minimum absolute atomic E-state index is 0.0488. The van der Waals surface area contributed by atoms with E-state index in [9.17, 15) is 22.8 Å². The lowest BCUT2D eigenvalue weighted by Gasteiger charge is -2.17. The van der Waals surface area contributed by atoms with Crippen molar-refractivity contribution in [3.8, 4) is 0 Å². The first-order chi connectivity index (χ1) is 10.6. The van der Waals surface area contributed by atoms with Crippen LogP contribution in [0.15, 0.2) is 18.2 Å². The third-order valence-corrected chi connectivity index (χ3v) is 4.76. The molecule has 120 valence electrons. The fraction of sp³-hybridized carbons (Fsp3) is 0.250. The van der Waals surface area contributed by atoms with Gasteiger partial charge in [0.25, 0.3) is 11.8 Å². The Morgan fingerprint density at radius 1 is 0.913 bits per heavy atom. The summed E-state index contributed by atoms with van der Waals surface area (Å²) in [5, 5.41) is 0. The van der Waals surface area contributed by atoms with Gasteiger partial charge in [-0.05, 0) is 44.5 Å². The minimum Gasteiger partial charge on any atom is -0.268 e. The maximum Gasteiger partial charge on any atom is 0.416 e. The van der Waals surface area contributed by atoms with E-state index in [1.807, 2.05) is 0 Å². The molecular formula is C16H12F3NO2S. The van der Waals surface area contributed by atoms with E-state index >= 15 is 0 Å². The van der Waals surface area contributed by atoms with Gasteiger partial charge >= 0.3 is 6.18 Å². The predicted molar refractivity (Wildman–Crippen MR) is 81.1 cm³/mol. The molecule has 0 saturated heterocycles. The Hall–Kier alpha value is -2.15. The van der Waals surface area contributed by atoms with Gasteiger partial charge in [-0.25, -0.2) is 4.90 Å². The first-order valence-corrected chi connectivity index (χ1v) is 7.60. The van der Waals surface area contributed by atoms with Crippen molar-refractivity contribution in [2.24, 2.45) is 0 Å². The molecule has 3 nitrogen and oxygen atoms in total. The summed E-state index contributed by atoms with van der Waals surface area (Å²) < 4.78 is 38.9. The number of nitrogens with zero attached hydrogens (tertiary/aromatic N) is 1. The zero-order chi connectivity index (χ0) is 17.1. The number of rotatable bonds is 1. The first-order valence-electron chi connectivity index (χ1n) is 6.79. The van der Waals surface area contributed by atoms with Gasteiger partial charge in [-0.3, -0.25) is 9.59 Å². The molecule has 2 heterocycles. The fourth-order valence-corrected chi connectivity index (χ4v) is 3.85. The summed E-state index contributed by atoms with van der Waals surface area (Å²) in [4.78, 5) is 27.3. The number of hydrogen-bond donors (Lipinski definition) is 0. The summed E-state index contributed by atoms with van der Waals surface area (Å²) in [6.07, 6.45) is -4.54. The third-order valence-electron chi connectivity index (χ3n) is 3.74. The monoisotopic (exact) mass is 339 g/mol. The highest BCUT2D eigenvalue weighted by molar-refractivity contribution is 7.12. The van der Waals surface area contributed by atoms with E-state index in [-0.39, 0.29) is 5.69 Å². The van der Waals surface area contributed by atoms with E-state index in [0.717, 1.165) is 17.0 Å². The highest BCUT2D eigenvalue weighted by Crippen LogP contribution is 2.39. The molecule has 0 aliphatic carbocycles. The number of benzene rings is 1. The van der Waals surface area contributed by atoms with E-state index in [1.165, 1.54) is 24.3 Å². The zero-order valence-corrected chi connectivity index (χ0v) is 13.4. The van der Waals surface area contributed by atoms with E-state index < -0.39 is 23.6 Å². The van der Waals surface area contributed by atoms with Crippen LogP contribution in [0.1, 0.15) is 41.6 Å². The molecule has 23 heavy (non-hydrogen) atoms. The number of halogens is 3. The summed E-state index contributed by atoms with van der Waals surface area (Å²) in [7, 11) is 0. The van der Waals surface area contributed by atoms with Gasteiger partial charge in [0.1, 0.15) is 0 Å². The number of carbonyl (C=O) groups excluding carboxylic acids is 2. The van der Waals surface area contributed by atoms with Crippen molar-refractivity contribution in [3.63, 3.8) is 0 Å². The molecule has 0 radical (unpaired) electrons. The molecular weight excluding hydrogens is 327 g/mol. The standard InChI is InChI=1S/C16H12F3NO2S/c1-7-4-10(16(17,18)19)6-11(5-7)20-14(21)12-8(2)23-9(3)13(12)15(20)22/h4-6H,1-3H3. The lowest BCUT2D eigenvalue weighted by atomic mass is 10.1. The number of fused-ring (bicyclic) bond motifs is 1. The van der Waals surface area contributed by atoms with Crippen LogP contribution in [0.4, 0.5) is 18.9 Å². The second-order valence-corrected chi connectivity index (χ2v) is 6.89. The highest BCUT2D eigenvalue weighted by Gasteiger charge is 2.41. The molecule has 0 N–H and O–H groups in total. The topological polar surface area (TPSA) is 37.4 Å². The molecule has 7 heteroatoms. The normalized spacial score (nSPS) is 14.6. The predicted octanol–water partition coefficient (Wildman–Crippen LogP) is 4.49. The van der Waals surface area contributed by atoms with Crippen LogP contribution in [0, 0.1) is 20.8 Å². The summed E-state index contributed by atoms with van der Waals surface area (Å²) >= 11 is 1.34. The Morgan fingerprint density at radius 2 is 1.43 bits per heavy atom. The van der Waals surface area contributed by atoms with E-state index in [0.29, 0.717) is 26.4 Å². The smallest absolute Gasteiger partial charge is 0.268 e. The number of amides is 2. The van der Waals surface area contributed by atoms with Crippen molar-refractivity contribution < 1.29 is 22.8 Å². The van der Waals surface area contributed by atoms with Gasteiger partial charge in [0.05, 0.1) is 22.4 Å². The molecule has 2 amide bonds. The Morgan fingerprint density at radius 3 is 1.91 bits per heavy atom. The molecule has 0 fully saturated rings. The molecule has 0 spiro atoms. The maximum atomic E-state index is 13.0. The van der Waals surface area contributed by atoms with Gasteiger partial charge in [0, 0.05) is 9.75 Å². The number of anilines is 1. The quantitative estimate of drug-likeness (QED) is 0.718. The van der Waals surface area contributed by atoms with Gasteiger partial charge < -0.3 is 0 Å². The van der Waals surface area contributed by atoms with Crippen molar-refractivity contribution in [1.29, 1.82) is 0 Å². The zero-order valence-electron chi connectivity index (χ0n) is 12.5. The van der Waals surface area contributed by atoms with Crippen LogP contribution in [0.3, 0.4) is 0 Å². The van der Waals surface area contributed by atoms with Gasteiger partial charge in [-0.2, -0.15) is 13.2 Å². The SMILES string of the molecule is Cc1cc(N2C(=O)c3c(C)sc(C)c3C2=O)cc(C(F)(F)F)c1. The van der Waals surface area contributed by atoms with Crippen molar-refractivity contribution >= 4 is 28.8 Å². The summed E-state index contributed by atoms with van der Waals surface area (Å²) in [5.74, 6) is -1.13. The summed E-state index contributed by atoms with van der Waals surface area (Å²) in [6.45, 7) is 4.95.